The van der Waals surface area contributed by atoms with Crippen LogP contribution in [0.4, 0.5) is 14.7 Å². The van der Waals surface area contributed by atoms with Gasteiger partial charge in [-0.05, 0) is 25.1 Å². The standard InChI is InChI=1S/C13H14ClF2N5/c14-9-7-10(15)8(6-11(9)16)12-18-13(20-19-12)21-4-1-2-17-3-5-21/h6-7,17H,1-5H2,(H,18,19,20). The van der Waals surface area contributed by atoms with E-state index in [9.17, 15) is 8.78 Å². The first-order chi connectivity index (χ1) is 10.1. The van der Waals surface area contributed by atoms with Gasteiger partial charge in [-0.15, -0.1) is 5.10 Å². The summed E-state index contributed by atoms with van der Waals surface area (Å²) in [6.07, 6.45) is 0.980. The summed E-state index contributed by atoms with van der Waals surface area (Å²) in [5.41, 5.74) is 0.0172. The van der Waals surface area contributed by atoms with Crippen molar-refractivity contribution in [3.8, 4) is 11.4 Å². The fraction of sp³-hybridized carbons (Fsp3) is 0.385. The van der Waals surface area contributed by atoms with Crippen LogP contribution in [-0.2, 0) is 0 Å². The van der Waals surface area contributed by atoms with Crippen LogP contribution in [0.25, 0.3) is 11.4 Å². The molecule has 0 aliphatic carbocycles. The molecule has 0 unspecified atom stereocenters. The number of H-pyrrole nitrogens is 1. The molecule has 1 fully saturated rings. The van der Waals surface area contributed by atoms with Gasteiger partial charge in [0.25, 0.3) is 0 Å². The van der Waals surface area contributed by atoms with E-state index < -0.39 is 11.6 Å². The van der Waals surface area contributed by atoms with Crippen molar-refractivity contribution >= 4 is 17.5 Å². The minimum Gasteiger partial charge on any atom is -0.338 e. The number of nitrogens with zero attached hydrogens (tertiary/aromatic N) is 3. The average molecular weight is 314 g/mol. The van der Waals surface area contributed by atoms with Crippen molar-refractivity contribution in [3.05, 3.63) is 28.8 Å². The van der Waals surface area contributed by atoms with Crippen LogP contribution >= 0.6 is 11.6 Å². The fourth-order valence-corrected chi connectivity index (χ4v) is 2.41. The molecule has 112 valence electrons. The summed E-state index contributed by atoms with van der Waals surface area (Å²) in [4.78, 5) is 6.26. The molecule has 1 aliphatic rings. The SMILES string of the molecule is Fc1cc(-c2nc(N3CCCNCC3)n[nH]2)c(F)cc1Cl. The van der Waals surface area contributed by atoms with Gasteiger partial charge >= 0.3 is 0 Å². The zero-order chi connectivity index (χ0) is 14.8. The Balaban J connectivity index is 1.89. The smallest absolute Gasteiger partial charge is 0.245 e. The quantitative estimate of drug-likeness (QED) is 0.835. The highest BCUT2D eigenvalue weighted by molar-refractivity contribution is 6.30. The third-order valence-electron chi connectivity index (χ3n) is 3.36. The van der Waals surface area contributed by atoms with E-state index in [4.69, 9.17) is 11.6 Å². The number of rotatable bonds is 2. The van der Waals surface area contributed by atoms with Gasteiger partial charge in [0.15, 0.2) is 5.82 Å². The first kappa shape index (κ1) is 14.2. The third kappa shape index (κ3) is 2.98. The molecule has 0 amide bonds. The lowest BCUT2D eigenvalue weighted by Crippen LogP contribution is -2.28. The van der Waals surface area contributed by atoms with Crippen molar-refractivity contribution in [2.45, 2.75) is 6.42 Å². The molecule has 0 radical (unpaired) electrons. The number of aromatic nitrogens is 3. The second kappa shape index (κ2) is 5.95. The number of aromatic amines is 1. The Kier molecular flexibility index (Phi) is 4.03. The van der Waals surface area contributed by atoms with Crippen LogP contribution in [-0.4, -0.2) is 41.4 Å². The van der Waals surface area contributed by atoms with E-state index >= 15 is 0 Å². The number of benzene rings is 1. The predicted octanol–water partition coefficient (Wildman–Crippen LogP) is 2.20. The summed E-state index contributed by atoms with van der Waals surface area (Å²) >= 11 is 5.54. The predicted molar refractivity (Wildman–Crippen MR) is 76.4 cm³/mol. The number of nitrogens with one attached hydrogen (secondary N) is 2. The van der Waals surface area contributed by atoms with Gasteiger partial charge in [-0.1, -0.05) is 11.6 Å². The van der Waals surface area contributed by atoms with Crippen molar-refractivity contribution < 1.29 is 8.78 Å². The highest BCUT2D eigenvalue weighted by Crippen LogP contribution is 2.26. The summed E-state index contributed by atoms with van der Waals surface area (Å²) in [6.45, 7) is 3.38. The van der Waals surface area contributed by atoms with Crippen molar-refractivity contribution in [2.24, 2.45) is 0 Å². The van der Waals surface area contributed by atoms with Crippen molar-refractivity contribution in [1.29, 1.82) is 0 Å². The molecule has 8 heteroatoms. The lowest BCUT2D eigenvalue weighted by atomic mass is 10.2. The molecule has 5 nitrogen and oxygen atoms in total. The molecule has 0 bridgehead atoms. The summed E-state index contributed by atoms with van der Waals surface area (Å²) in [7, 11) is 0. The summed E-state index contributed by atoms with van der Waals surface area (Å²) < 4.78 is 27.4. The van der Waals surface area contributed by atoms with Gasteiger partial charge in [0.2, 0.25) is 5.95 Å². The van der Waals surface area contributed by atoms with Gasteiger partial charge in [-0.3, -0.25) is 5.10 Å². The minimum absolute atomic E-state index is 0.0172. The summed E-state index contributed by atoms with van der Waals surface area (Å²) in [5.74, 6) is -0.648. The third-order valence-corrected chi connectivity index (χ3v) is 3.65. The Morgan fingerprint density at radius 3 is 2.86 bits per heavy atom. The van der Waals surface area contributed by atoms with Crippen molar-refractivity contribution in [1.82, 2.24) is 20.5 Å². The van der Waals surface area contributed by atoms with Crippen LogP contribution in [0.2, 0.25) is 5.02 Å². The van der Waals surface area contributed by atoms with E-state index in [0.29, 0.717) is 5.95 Å². The molecule has 1 aliphatic heterocycles. The fourth-order valence-electron chi connectivity index (χ4n) is 2.26. The lowest BCUT2D eigenvalue weighted by Gasteiger charge is -2.16. The van der Waals surface area contributed by atoms with E-state index in [-0.39, 0.29) is 16.4 Å². The first-order valence-electron chi connectivity index (χ1n) is 6.68. The van der Waals surface area contributed by atoms with Gasteiger partial charge < -0.3 is 10.2 Å². The maximum atomic E-state index is 13.9. The molecule has 0 spiro atoms. The molecule has 2 aromatic rings. The van der Waals surface area contributed by atoms with E-state index in [2.05, 4.69) is 20.5 Å². The van der Waals surface area contributed by atoms with E-state index in [1.807, 2.05) is 4.90 Å². The maximum absolute atomic E-state index is 13.9. The molecule has 0 atom stereocenters. The van der Waals surface area contributed by atoms with Gasteiger partial charge in [0.05, 0.1) is 10.6 Å². The van der Waals surface area contributed by atoms with Gasteiger partial charge in [-0.25, -0.2) is 8.78 Å². The zero-order valence-electron chi connectivity index (χ0n) is 11.2. The summed E-state index contributed by atoms with van der Waals surface area (Å²) in [6, 6.07) is 1.95. The second-order valence-electron chi connectivity index (χ2n) is 4.82. The Bertz CT molecular complexity index is 637. The molecular formula is C13H14ClF2N5. The van der Waals surface area contributed by atoms with Crippen molar-refractivity contribution in [2.75, 3.05) is 31.1 Å². The first-order valence-corrected chi connectivity index (χ1v) is 7.06. The number of hydrogen-bond donors (Lipinski definition) is 2. The monoisotopic (exact) mass is 313 g/mol. The largest absolute Gasteiger partial charge is 0.338 e. The molecular weight excluding hydrogens is 300 g/mol. The van der Waals surface area contributed by atoms with Gasteiger partial charge in [0, 0.05) is 19.6 Å². The Labute approximate surface area is 125 Å². The maximum Gasteiger partial charge on any atom is 0.245 e. The highest BCUT2D eigenvalue weighted by atomic mass is 35.5. The second-order valence-corrected chi connectivity index (χ2v) is 5.23. The molecule has 3 rings (SSSR count). The topological polar surface area (TPSA) is 56.8 Å². The molecule has 21 heavy (non-hydrogen) atoms. The van der Waals surface area contributed by atoms with Crippen LogP contribution in [0.5, 0.6) is 0 Å². The molecule has 1 aromatic carbocycles. The Morgan fingerprint density at radius 1 is 1.14 bits per heavy atom. The normalized spacial score (nSPS) is 16.0. The lowest BCUT2D eigenvalue weighted by molar-refractivity contribution is 0.602. The van der Waals surface area contributed by atoms with Crippen LogP contribution in [0.3, 0.4) is 0 Å². The van der Waals surface area contributed by atoms with Gasteiger partial charge in [-0.2, -0.15) is 4.98 Å². The minimum atomic E-state index is -0.690. The molecule has 1 saturated heterocycles. The van der Waals surface area contributed by atoms with Crippen LogP contribution in [0.15, 0.2) is 12.1 Å². The molecule has 2 heterocycles. The average Bonchev–Trinajstić information content (AvgIpc) is 2.78. The molecule has 2 N–H and O–H groups in total. The van der Waals surface area contributed by atoms with Crippen molar-refractivity contribution in [3.63, 3.8) is 0 Å². The number of hydrogen-bond acceptors (Lipinski definition) is 4. The van der Waals surface area contributed by atoms with Crippen LogP contribution in [0, 0.1) is 11.6 Å². The zero-order valence-corrected chi connectivity index (χ0v) is 11.9. The van der Waals surface area contributed by atoms with Crippen LogP contribution < -0.4 is 10.2 Å². The Morgan fingerprint density at radius 2 is 2.00 bits per heavy atom. The van der Waals surface area contributed by atoms with Crippen LogP contribution in [0.1, 0.15) is 6.42 Å². The van der Waals surface area contributed by atoms with E-state index in [1.165, 1.54) is 0 Å². The molecule has 0 saturated carbocycles. The van der Waals surface area contributed by atoms with E-state index in [1.54, 1.807) is 0 Å². The number of anilines is 1. The summed E-state index contributed by atoms with van der Waals surface area (Å²) in [5, 5.41) is 9.77. The highest BCUT2D eigenvalue weighted by Gasteiger charge is 2.18. The Hall–Kier alpha value is -1.73. The number of halogens is 3. The van der Waals surface area contributed by atoms with Gasteiger partial charge in [0.1, 0.15) is 11.6 Å². The van der Waals surface area contributed by atoms with E-state index in [0.717, 1.165) is 44.7 Å². The molecule has 1 aromatic heterocycles.